The Labute approximate surface area is 212 Å². The van der Waals surface area contributed by atoms with Crippen LogP contribution in [0.15, 0.2) is 90.2 Å². The number of methoxy groups -OCH3 is 1. The molecule has 1 aliphatic heterocycles. The van der Waals surface area contributed by atoms with Crippen LogP contribution in [0.1, 0.15) is 31.1 Å². The molecule has 0 bridgehead atoms. The third-order valence-corrected chi connectivity index (χ3v) is 7.75. The molecule has 0 aromatic heterocycles. The van der Waals surface area contributed by atoms with E-state index >= 15 is 0 Å². The van der Waals surface area contributed by atoms with E-state index in [1.807, 2.05) is 36.4 Å². The van der Waals surface area contributed by atoms with Gasteiger partial charge in [-0.15, -0.1) is 0 Å². The fourth-order valence-electron chi connectivity index (χ4n) is 4.26. The van der Waals surface area contributed by atoms with Gasteiger partial charge in [-0.1, -0.05) is 61.7 Å². The lowest BCUT2D eigenvalue weighted by Gasteiger charge is -2.39. The number of nitrogens with one attached hydrogen (secondary N) is 1. The van der Waals surface area contributed by atoms with Gasteiger partial charge < -0.3 is 15.2 Å². The molecule has 1 saturated heterocycles. The summed E-state index contributed by atoms with van der Waals surface area (Å²) in [7, 11) is -2.35. The number of nitrogens with zero attached hydrogens (tertiary/aromatic N) is 1. The summed E-state index contributed by atoms with van der Waals surface area (Å²) < 4.78 is 54.5. The summed E-state index contributed by atoms with van der Waals surface area (Å²) in [4.78, 5) is 4.35. The van der Waals surface area contributed by atoms with Gasteiger partial charge in [-0.3, -0.25) is 0 Å². The first-order valence-corrected chi connectivity index (χ1v) is 13.0. The first kappa shape index (κ1) is 27.2. The van der Waals surface area contributed by atoms with E-state index in [0.29, 0.717) is 5.56 Å². The van der Waals surface area contributed by atoms with Crippen molar-refractivity contribution in [1.82, 2.24) is 4.72 Å². The van der Waals surface area contributed by atoms with Crippen molar-refractivity contribution in [2.45, 2.75) is 37.2 Å². The molecule has 192 valence electrons. The minimum atomic E-state index is -3.95. The molecule has 7 nitrogen and oxygen atoms in total. The standard InChI is InChI=1S/C27H32FN3O4S/c1-6-8-23(18(2)28)24(15-16-29)30-26-31-36(32,33)25(27(3,4)35-26)20-13-11-19(12-14-20)21-9-7-10-22(17-21)34-5/h6-14,17,24-25H,1-2,15-16,29H2,3-5H3,(H,30,31)/b23-8+/t24-,25?/m0/s1. The second-order valence-corrected chi connectivity index (χ2v) is 10.6. The third kappa shape index (κ3) is 6.03. The molecular formula is C27H32FN3O4S. The van der Waals surface area contributed by atoms with Crippen LogP contribution in [0, 0.1) is 0 Å². The van der Waals surface area contributed by atoms with Crippen LogP contribution in [0.2, 0.25) is 0 Å². The zero-order valence-electron chi connectivity index (χ0n) is 20.7. The quantitative estimate of drug-likeness (QED) is 0.469. The lowest BCUT2D eigenvalue weighted by Crippen LogP contribution is -2.53. The number of nitrogens with two attached hydrogens (primary N) is 1. The number of hydrogen-bond donors (Lipinski definition) is 2. The summed E-state index contributed by atoms with van der Waals surface area (Å²) in [6.07, 6.45) is 3.10. The molecule has 0 amide bonds. The smallest absolute Gasteiger partial charge is 0.299 e. The Morgan fingerprint density at radius 2 is 1.97 bits per heavy atom. The van der Waals surface area contributed by atoms with Crippen molar-refractivity contribution in [3.63, 3.8) is 0 Å². The molecule has 3 rings (SSSR count). The molecule has 1 fully saturated rings. The van der Waals surface area contributed by atoms with Crippen LogP contribution < -0.4 is 15.2 Å². The molecule has 0 saturated carbocycles. The second kappa shape index (κ2) is 11.1. The second-order valence-electron chi connectivity index (χ2n) is 8.88. The van der Waals surface area contributed by atoms with Gasteiger partial charge in [0.15, 0.2) is 0 Å². The molecule has 36 heavy (non-hydrogen) atoms. The highest BCUT2D eigenvalue weighted by Gasteiger charge is 2.48. The SMILES string of the molecule is C=C/C=C(\C(=C)F)[C@H](CCN)N=C1NS(=O)(=O)C(c2ccc(-c3cccc(OC)c3)cc2)C(C)(C)O1. The molecule has 3 N–H and O–H groups in total. The average Bonchev–Trinajstić information content (AvgIpc) is 2.81. The van der Waals surface area contributed by atoms with Gasteiger partial charge in [0.1, 0.15) is 22.4 Å². The molecule has 1 aliphatic rings. The van der Waals surface area contributed by atoms with Crippen molar-refractivity contribution in [2.75, 3.05) is 13.7 Å². The number of ether oxygens (including phenoxy) is 2. The van der Waals surface area contributed by atoms with Gasteiger partial charge in [0.25, 0.3) is 6.02 Å². The monoisotopic (exact) mass is 513 g/mol. The number of hydrogen-bond acceptors (Lipinski definition) is 6. The van der Waals surface area contributed by atoms with Gasteiger partial charge >= 0.3 is 0 Å². The molecule has 0 aliphatic carbocycles. The zero-order valence-corrected chi connectivity index (χ0v) is 21.5. The fraction of sp³-hybridized carbons (Fsp3) is 0.296. The maximum absolute atomic E-state index is 14.1. The van der Waals surface area contributed by atoms with E-state index in [1.54, 1.807) is 33.1 Å². The van der Waals surface area contributed by atoms with Crippen molar-refractivity contribution < 1.29 is 22.3 Å². The van der Waals surface area contributed by atoms with E-state index in [1.165, 1.54) is 12.2 Å². The van der Waals surface area contributed by atoms with Gasteiger partial charge in [-0.05, 0) is 55.6 Å². The number of aliphatic imine (C=N–C) groups is 1. The van der Waals surface area contributed by atoms with Gasteiger partial charge in [0.05, 0.1) is 13.2 Å². The molecule has 2 aromatic rings. The van der Waals surface area contributed by atoms with E-state index in [0.717, 1.165) is 16.9 Å². The molecule has 1 unspecified atom stereocenters. The summed E-state index contributed by atoms with van der Waals surface area (Å²) in [6, 6.07) is 13.8. The van der Waals surface area contributed by atoms with Gasteiger partial charge in [-0.2, -0.15) is 0 Å². The highest BCUT2D eigenvalue weighted by atomic mass is 32.2. The van der Waals surface area contributed by atoms with Gasteiger partial charge in [-0.25, -0.2) is 22.5 Å². The highest BCUT2D eigenvalue weighted by Crippen LogP contribution is 2.39. The first-order valence-electron chi connectivity index (χ1n) is 11.4. The van der Waals surface area contributed by atoms with E-state index in [4.69, 9.17) is 15.2 Å². The van der Waals surface area contributed by atoms with Crippen LogP contribution in [0.4, 0.5) is 4.39 Å². The molecule has 1 heterocycles. The number of benzene rings is 2. The minimum Gasteiger partial charge on any atom is -0.497 e. The zero-order chi connectivity index (χ0) is 26.5. The van der Waals surface area contributed by atoms with Crippen molar-refractivity contribution in [3.05, 3.63) is 90.8 Å². The largest absolute Gasteiger partial charge is 0.497 e. The van der Waals surface area contributed by atoms with Crippen molar-refractivity contribution in [1.29, 1.82) is 0 Å². The summed E-state index contributed by atoms with van der Waals surface area (Å²) in [6.45, 7) is 10.5. The molecular weight excluding hydrogens is 481 g/mol. The van der Waals surface area contributed by atoms with Crippen molar-refractivity contribution in [2.24, 2.45) is 10.7 Å². The van der Waals surface area contributed by atoms with Gasteiger partial charge in [0, 0.05) is 5.57 Å². The van der Waals surface area contributed by atoms with Crippen LogP contribution in [0.3, 0.4) is 0 Å². The van der Waals surface area contributed by atoms with E-state index in [-0.39, 0.29) is 24.6 Å². The fourth-order valence-corrected chi connectivity index (χ4v) is 6.03. The predicted octanol–water partition coefficient (Wildman–Crippen LogP) is 4.80. The topological polar surface area (TPSA) is 103 Å². The Kier molecular flexibility index (Phi) is 8.37. The summed E-state index contributed by atoms with van der Waals surface area (Å²) >= 11 is 0. The van der Waals surface area contributed by atoms with E-state index in [9.17, 15) is 12.8 Å². The Morgan fingerprint density at radius 3 is 2.53 bits per heavy atom. The molecule has 2 aromatic carbocycles. The summed E-state index contributed by atoms with van der Waals surface area (Å²) in [5.74, 6) is 0.0250. The summed E-state index contributed by atoms with van der Waals surface area (Å²) in [5, 5.41) is -1.02. The van der Waals surface area contributed by atoms with E-state index in [2.05, 4.69) is 22.9 Å². The van der Waals surface area contributed by atoms with Crippen molar-refractivity contribution >= 4 is 16.0 Å². The average molecular weight is 514 g/mol. The molecule has 0 radical (unpaired) electrons. The van der Waals surface area contributed by atoms with Crippen LogP contribution in [-0.4, -0.2) is 39.7 Å². The van der Waals surface area contributed by atoms with Crippen LogP contribution in [0.25, 0.3) is 11.1 Å². The Hall–Kier alpha value is -3.43. The highest BCUT2D eigenvalue weighted by molar-refractivity contribution is 7.90. The number of amidine groups is 1. The Balaban J connectivity index is 1.93. The lowest BCUT2D eigenvalue weighted by molar-refractivity contribution is 0.0762. The van der Waals surface area contributed by atoms with Crippen LogP contribution in [0.5, 0.6) is 5.75 Å². The third-order valence-electron chi connectivity index (χ3n) is 5.83. The number of sulfonamides is 1. The molecule has 9 heteroatoms. The van der Waals surface area contributed by atoms with Crippen molar-refractivity contribution in [3.8, 4) is 16.9 Å². The van der Waals surface area contributed by atoms with E-state index < -0.39 is 32.7 Å². The maximum Gasteiger partial charge on any atom is 0.299 e. The first-order chi connectivity index (χ1) is 17.0. The normalized spacial score (nSPS) is 20.6. The predicted molar refractivity (Wildman–Crippen MR) is 142 cm³/mol. The maximum atomic E-state index is 14.1. The molecule has 2 atom stereocenters. The molecule has 0 spiro atoms. The Morgan fingerprint density at radius 1 is 1.28 bits per heavy atom. The van der Waals surface area contributed by atoms with Crippen LogP contribution >= 0.6 is 0 Å². The number of halogens is 1. The number of allylic oxidation sites excluding steroid dienone is 2. The lowest BCUT2D eigenvalue weighted by atomic mass is 9.95. The summed E-state index contributed by atoms with van der Waals surface area (Å²) in [5.41, 5.74) is 7.07. The van der Waals surface area contributed by atoms with Crippen LogP contribution in [-0.2, 0) is 14.8 Å². The number of rotatable bonds is 9. The Bertz CT molecular complexity index is 1280. The van der Waals surface area contributed by atoms with Gasteiger partial charge in [0.2, 0.25) is 10.0 Å². The minimum absolute atomic E-state index is 0.152.